The first-order valence-electron chi connectivity index (χ1n) is 4.03. The molecule has 13 heavy (non-hydrogen) atoms. The van der Waals surface area contributed by atoms with E-state index in [0.29, 0.717) is 6.54 Å². The quantitative estimate of drug-likeness (QED) is 0.609. The molecule has 1 atom stereocenters. The van der Waals surface area contributed by atoms with Gasteiger partial charge in [0.05, 0.1) is 0 Å². The number of nitrogens with one attached hydrogen (secondary N) is 1. The first-order valence-corrected chi connectivity index (χ1v) is 4.03. The van der Waals surface area contributed by atoms with Gasteiger partial charge in [-0.05, 0) is 5.92 Å². The van der Waals surface area contributed by atoms with E-state index in [-0.39, 0.29) is 24.9 Å². The van der Waals surface area contributed by atoms with E-state index >= 15 is 0 Å². The number of ether oxygens (including phenoxy) is 1. The molecule has 0 radical (unpaired) electrons. The Labute approximate surface area is 77.1 Å². The summed E-state index contributed by atoms with van der Waals surface area (Å²) in [5, 5.41) is 11.0. The molecule has 0 aliphatic heterocycles. The molecule has 1 amide bonds. The Morgan fingerprint density at radius 3 is 2.62 bits per heavy atom. The highest BCUT2D eigenvalue weighted by Gasteiger charge is 2.08. The number of hydrogen-bond acceptors (Lipinski definition) is 3. The van der Waals surface area contributed by atoms with Crippen molar-refractivity contribution in [2.45, 2.75) is 13.3 Å². The third-order valence-corrected chi connectivity index (χ3v) is 1.45. The summed E-state index contributed by atoms with van der Waals surface area (Å²) >= 11 is 0. The van der Waals surface area contributed by atoms with Crippen LogP contribution in [0, 0.1) is 5.92 Å². The smallest absolute Gasteiger partial charge is 0.303 e. The first-order chi connectivity index (χ1) is 6.06. The predicted octanol–water partition coefficient (Wildman–Crippen LogP) is -0.140. The highest BCUT2D eigenvalue weighted by molar-refractivity contribution is 5.77. The Bertz CT molecular complexity index is 181. The molecule has 76 valence electrons. The molecule has 0 aromatic heterocycles. The van der Waals surface area contributed by atoms with Crippen LogP contribution in [-0.4, -0.2) is 37.2 Å². The molecule has 2 N–H and O–H groups in total. The number of rotatable bonds is 6. The highest BCUT2D eigenvalue weighted by atomic mass is 16.5. The Morgan fingerprint density at radius 1 is 1.54 bits per heavy atom. The van der Waals surface area contributed by atoms with Crippen molar-refractivity contribution >= 4 is 11.9 Å². The molecule has 0 heterocycles. The number of amides is 1. The molecule has 0 rings (SSSR count). The van der Waals surface area contributed by atoms with Crippen LogP contribution in [0.2, 0.25) is 0 Å². The van der Waals surface area contributed by atoms with E-state index in [1.54, 1.807) is 6.92 Å². The Hall–Kier alpha value is -1.10. The summed E-state index contributed by atoms with van der Waals surface area (Å²) in [6, 6.07) is 0. The van der Waals surface area contributed by atoms with Gasteiger partial charge in [-0.1, -0.05) is 6.92 Å². The minimum absolute atomic E-state index is 0.0137. The van der Waals surface area contributed by atoms with Gasteiger partial charge in [-0.2, -0.15) is 0 Å². The molecule has 0 aliphatic rings. The lowest BCUT2D eigenvalue weighted by Gasteiger charge is -2.09. The van der Waals surface area contributed by atoms with E-state index in [9.17, 15) is 9.59 Å². The second-order valence-electron chi connectivity index (χ2n) is 2.94. The normalized spacial score (nSPS) is 12.2. The average Bonchev–Trinajstić information content (AvgIpc) is 2.00. The number of hydrogen-bond donors (Lipinski definition) is 2. The molecule has 0 bridgehead atoms. The van der Waals surface area contributed by atoms with Crippen LogP contribution < -0.4 is 5.32 Å². The zero-order valence-corrected chi connectivity index (χ0v) is 7.87. The van der Waals surface area contributed by atoms with Gasteiger partial charge in [0, 0.05) is 20.1 Å². The zero-order valence-electron chi connectivity index (χ0n) is 7.87. The van der Waals surface area contributed by atoms with Gasteiger partial charge in [0.15, 0.2) is 0 Å². The maximum atomic E-state index is 10.8. The standard InChI is InChI=1S/C8H15NO4/c1-6(3-8(11)12)4-9-7(10)5-13-2/h6H,3-5H2,1-2H3,(H,9,10)(H,11,12). The molecule has 0 aliphatic carbocycles. The van der Waals surface area contributed by atoms with Crippen LogP contribution >= 0.6 is 0 Å². The Morgan fingerprint density at radius 2 is 2.15 bits per heavy atom. The molecule has 0 spiro atoms. The van der Waals surface area contributed by atoms with Crippen molar-refractivity contribution in [1.82, 2.24) is 5.32 Å². The van der Waals surface area contributed by atoms with Crippen LogP contribution in [0.4, 0.5) is 0 Å². The van der Waals surface area contributed by atoms with Gasteiger partial charge in [0.2, 0.25) is 5.91 Å². The lowest BCUT2D eigenvalue weighted by molar-refractivity contribution is -0.138. The van der Waals surface area contributed by atoms with Crippen molar-refractivity contribution in [2.75, 3.05) is 20.3 Å². The van der Waals surface area contributed by atoms with Crippen LogP contribution in [0.25, 0.3) is 0 Å². The number of methoxy groups -OCH3 is 1. The number of carboxylic acids is 1. The molecule has 0 aromatic rings. The maximum absolute atomic E-state index is 10.8. The minimum atomic E-state index is -0.853. The summed E-state index contributed by atoms with van der Waals surface area (Å²) in [7, 11) is 1.43. The second-order valence-corrected chi connectivity index (χ2v) is 2.94. The van der Waals surface area contributed by atoms with Crippen LogP contribution in [0.1, 0.15) is 13.3 Å². The average molecular weight is 189 g/mol. The summed E-state index contributed by atoms with van der Waals surface area (Å²) in [5.74, 6) is -1.13. The number of carboxylic acid groups (broad SMARTS) is 1. The number of carbonyl (C=O) groups is 2. The molecule has 0 aromatic carbocycles. The van der Waals surface area contributed by atoms with Gasteiger partial charge in [-0.3, -0.25) is 9.59 Å². The molecule has 5 nitrogen and oxygen atoms in total. The van der Waals surface area contributed by atoms with E-state index in [2.05, 4.69) is 10.1 Å². The molecule has 0 fully saturated rings. The van der Waals surface area contributed by atoms with Gasteiger partial charge >= 0.3 is 5.97 Å². The maximum Gasteiger partial charge on any atom is 0.303 e. The summed E-state index contributed by atoms with van der Waals surface area (Å²) in [6.07, 6.45) is 0.0628. The Balaban J connectivity index is 3.51. The topological polar surface area (TPSA) is 75.6 Å². The fraction of sp³-hybridized carbons (Fsp3) is 0.750. The summed E-state index contributed by atoms with van der Waals surface area (Å²) in [6.45, 7) is 2.15. The van der Waals surface area contributed by atoms with Crippen molar-refractivity contribution in [3.05, 3.63) is 0 Å². The van der Waals surface area contributed by atoms with E-state index in [4.69, 9.17) is 5.11 Å². The van der Waals surface area contributed by atoms with Crippen LogP contribution in [0.15, 0.2) is 0 Å². The monoisotopic (exact) mass is 189 g/mol. The fourth-order valence-corrected chi connectivity index (χ4v) is 0.840. The van der Waals surface area contributed by atoms with Crippen molar-refractivity contribution in [2.24, 2.45) is 5.92 Å². The fourth-order valence-electron chi connectivity index (χ4n) is 0.840. The van der Waals surface area contributed by atoms with Crippen LogP contribution in [0.3, 0.4) is 0 Å². The molecular weight excluding hydrogens is 174 g/mol. The van der Waals surface area contributed by atoms with Gasteiger partial charge in [0.25, 0.3) is 0 Å². The lowest BCUT2D eigenvalue weighted by Crippen LogP contribution is -2.31. The van der Waals surface area contributed by atoms with Crippen LogP contribution in [-0.2, 0) is 14.3 Å². The molecular formula is C8H15NO4. The number of aliphatic carboxylic acids is 1. The van der Waals surface area contributed by atoms with Gasteiger partial charge in [-0.25, -0.2) is 0 Å². The summed E-state index contributed by atoms with van der Waals surface area (Å²) in [4.78, 5) is 21.1. The van der Waals surface area contributed by atoms with E-state index < -0.39 is 5.97 Å². The van der Waals surface area contributed by atoms with E-state index in [1.165, 1.54) is 7.11 Å². The zero-order chi connectivity index (χ0) is 10.3. The molecule has 0 saturated carbocycles. The van der Waals surface area contributed by atoms with Crippen molar-refractivity contribution in [1.29, 1.82) is 0 Å². The number of carbonyl (C=O) groups excluding carboxylic acids is 1. The predicted molar refractivity (Wildman–Crippen MR) is 46.3 cm³/mol. The lowest BCUT2D eigenvalue weighted by atomic mass is 10.1. The van der Waals surface area contributed by atoms with E-state index in [1.807, 2.05) is 0 Å². The summed E-state index contributed by atoms with van der Waals surface area (Å²) < 4.78 is 4.59. The largest absolute Gasteiger partial charge is 0.481 e. The molecule has 1 unspecified atom stereocenters. The third kappa shape index (κ3) is 7.27. The van der Waals surface area contributed by atoms with Gasteiger partial charge in [0.1, 0.15) is 6.61 Å². The highest BCUT2D eigenvalue weighted by Crippen LogP contribution is 1.98. The van der Waals surface area contributed by atoms with Crippen molar-refractivity contribution in [3.63, 3.8) is 0 Å². The Kier molecular flexibility index (Phi) is 5.88. The van der Waals surface area contributed by atoms with Crippen LogP contribution in [0.5, 0.6) is 0 Å². The van der Waals surface area contributed by atoms with Crippen molar-refractivity contribution in [3.8, 4) is 0 Å². The van der Waals surface area contributed by atoms with E-state index in [0.717, 1.165) is 0 Å². The third-order valence-electron chi connectivity index (χ3n) is 1.45. The molecule has 5 heteroatoms. The SMILES string of the molecule is COCC(=O)NCC(C)CC(=O)O. The molecule has 0 saturated heterocycles. The first kappa shape index (κ1) is 11.9. The van der Waals surface area contributed by atoms with Gasteiger partial charge in [-0.15, -0.1) is 0 Å². The van der Waals surface area contributed by atoms with Gasteiger partial charge < -0.3 is 15.2 Å². The minimum Gasteiger partial charge on any atom is -0.481 e. The summed E-state index contributed by atoms with van der Waals surface area (Å²) in [5.41, 5.74) is 0. The van der Waals surface area contributed by atoms with Crippen molar-refractivity contribution < 1.29 is 19.4 Å². The second kappa shape index (κ2) is 6.42.